The Morgan fingerprint density at radius 1 is 1.07 bits per heavy atom. The van der Waals surface area contributed by atoms with Gasteiger partial charge in [-0.2, -0.15) is 0 Å². The highest BCUT2D eigenvalue weighted by Crippen LogP contribution is 2.38. The molecule has 230 valence electrons. The Labute approximate surface area is 250 Å². The maximum Gasteiger partial charge on any atom is 0.410 e. The zero-order chi connectivity index (χ0) is 30.7. The molecule has 0 radical (unpaired) electrons. The Morgan fingerprint density at radius 3 is 2.33 bits per heavy atom. The average Bonchev–Trinajstić information content (AvgIpc) is 2.96. The van der Waals surface area contributed by atoms with Gasteiger partial charge in [-0.1, -0.05) is 36.4 Å². The number of amides is 1. The maximum atomic E-state index is 13.7. The van der Waals surface area contributed by atoms with Gasteiger partial charge in [0.15, 0.2) is 4.75 Å². The van der Waals surface area contributed by atoms with E-state index >= 15 is 0 Å². The van der Waals surface area contributed by atoms with E-state index in [2.05, 4.69) is 37.3 Å². The number of esters is 1. The van der Waals surface area contributed by atoms with Crippen LogP contribution in [0, 0.1) is 6.92 Å². The number of methoxy groups -OCH3 is 1. The number of sulfonamides is 1. The Bertz CT molecular complexity index is 1390. The topological polar surface area (TPSA) is 102 Å². The predicted molar refractivity (Wildman–Crippen MR) is 162 cm³/mol. The SMILES string of the molecule is COC(=O)C1(S(=O)(=O)N2CCC(c3ccc(-c4cccc(CN(C)C(=O)OC(C)(C)C)c4)c(C)c3)CC2)CCOCC1. The van der Waals surface area contributed by atoms with Gasteiger partial charge >= 0.3 is 12.1 Å². The molecular weight excluding hydrogens is 556 g/mol. The summed E-state index contributed by atoms with van der Waals surface area (Å²) in [6.45, 7) is 9.25. The summed E-state index contributed by atoms with van der Waals surface area (Å²) in [6, 6.07) is 14.6. The van der Waals surface area contributed by atoms with Crippen LogP contribution in [0.5, 0.6) is 0 Å². The molecule has 2 aliphatic heterocycles. The van der Waals surface area contributed by atoms with E-state index in [1.54, 1.807) is 11.9 Å². The van der Waals surface area contributed by atoms with Gasteiger partial charge < -0.3 is 19.1 Å². The summed E-state index contributed by atoms with van der Waals surface area (Å²) in [5, 5.41) is 0. The minimum Gasteiger partial charge on any atom is -0.468 e. The van der Waals surface area contributed by atoms with Crippen LogP contribution in [0.2, 0.25) is 0 Å². The van der Waals surface area contributed by atoms with Crippen LogP contribution in [-0.2, 0) is 35.6 Å². The summed E-state index contributed by atoms with van der Waals surface area (Å²) in [5.74, 6) is -0.471. The summed E-state index contributed by atoms with van der Waals surface area (Å²) in [6.07, 6.45) is 1.22. The van der Waals surface area contributed by atoms with Crippen molar-refractivity contribution in [3.63, 3.8) is 0 Å². The van der Waals surface area contributed by atoms with Gasteiger partial charge in [-0.25, -0.2) is 17.5 Å². The molecule has 1 amide bonds. The quantitative estimate of drug-likeness (QED) is 0.400. The lowest BCUT2D eigenvalue weighted by molar-refractivity contribution is -0.146. The van der Waals surface area contributed by atoms with Gasteiger partial charge in [0.2, 0.25) is 10.0 Å². The van der Waals surface area contributed by atoms with Gasteiger partial charge in [-0.15, -0.1) is 0 Å². The highest BCUT2D eigenvalue weighted by atomic mass is 32.2. The first-order valence-corrected chi connectivity index (χ1v) is 16.0. The minimum atomic E-state index is -3.90. The summed E-state index contributed by atoms with van der Waals surface area (Å²) in [7, 11) is -0.921. The standard InChI is InChI=1S/C32H44N2O7S/c1-23-20-26(10-11-28(23)27-9-7-8-24(21-27)22-33(5)30(36)41-31(2,3)4)25-12-16-34(17-13-25)42(37,38)32(29(35)39-6)14-18-40-19-15-32/h7-11,20-21,25H,12-19,22H2,1-6H3. The third-order valence-electron chi connectivity index (χ3n) is 8.23. The van der Waals surface area contributed by atoms with Gasteiger partial charge in [-0.05, 0) is 80.3 Å². The van der Waals surface area contributed by atoms with Crippen LogP contribution in [0.1, 0.15) is 69.1 Å². The number of nitrogens with zero attached hydrogens (tertiary/aromatic N) is 2. The molecule has 2 saturated heterocycles. The molecule has 0 spiro atoms. The molecule has 2 heterocycles. The molecular formula is C32H44N2O7S. The number of benzene rings is 2. The van der Waals surface area contributed by atoms with Crippen molar-refractivity contribution in [2.45, 2.75) is 76.2 Å². The Morgan fingerprint density at radius 2 is 1.74 bits per heavy atom. The second-order valence-corrected chi connectivity index (χ2v) is 14.6. The first kappa shape index (κ1) is 32.0. The third kappa shape index (κ3) is 6.82. The van der Waals surface area contributed by atoms with Crippen molar-refractivity contribution in [3.8, 4) is 11.1 Å². The van der Waals surface area contributed by atoms with Crippen molar-refractivity contribution in [1.29, 1.82) is 0 Å². The summed E-state index contributed by atoms with van der Waals surface area (Å²) in [4.78, 5) is 26.7. The lowest BCUT2D eigenvalue weighted by Gasteiger charge is -2.40. The molecule has 4 rings (SSSR count). The fourth-order valence-electron chi connectivity index (χ4n) is 5.91. The first-order valence-electron chi connectivity index (χ1n) is 14.6. The first-order chi connectivity index (χ1) is 19.8. The van der Waals surface area contributed by atoms with Crippen LogP contribution < -0.4 is 0 Å². The van der Waals surface area contributed by atoms with Crippen molar-refractivity contribution < 1.29 is 32.2 Å². The predicted octanol–water partition coefficient (Wildman–Crippen LogP) is 5.26. The molecule has 0 saturated carbocycles. The van der Waals surface area contributed by atoms with Crippen LogP contribution in [0.15, 0.2) is 42.5 Å². The Hall–Kier alpha value is -2.95. The molecule has 2 aromatic carbocycles. The van der Waals surface area contributed by atoms with Crippen LogP contribution in [0.4, 0.5) is 4.79 Å². The molecule has 0 atom stereocenters. The van der Waals surface area contributed by atoms with Crippen molar-refractivity contribution in [1.82, 2.24) is 9.21 Å². The molecule has 10 heteroatoms. The third-order valence-corrected chi connectivity index (χ3v) is 10.8. The zero-order valence-corrected chi connectivity index (χ0v) is 26.5. The van der Waals surface area contributed by atoms with Gasteiger partial charge in [0, 0.05) is 52.7 Å². The lowest BCUT2D eigenvalue weighted by Crippen LogP contribution is -2.57. The molecule has 9 nitrogen and oxygen atoms in total. The number of carbonyl (C=O) groups is 2. The number of hydrogen-bond acceptors (Lipinski definition) is 7. The number of ether oxygens (including phenoxy) is 3. The minimum absolute atomic E-state index is 0.112. The molecule has 0 aromatic heterocycles. The fourth-order valence-corrected chi connectivity index (χ4v) is 8.07. The van der Waals surface area contributed by atoms with Gasteiger partial charge in [-0.3, -0.25) is 4.79 Å². The molecule has 0 unspecified atom stereocenters. The van der Waals surface area contributed by atoms with E-state index in [1.165, 1.54) is 17.0 Å². The smallest absolute Gasteiger partial charge is 0.410 e. The van der Waals surface area contributed by atoms with E-state index in [-0.39, 0.29) is 38.1 Å². The molecule has 2 aromatic rings. The van der Waals surface area contributed by atoms with E-state index in [9.17, 15) is 18.0 Å². The van der Waals surface area contributed by atoms with Crippen molar-refractivity contribution >= 4 is 22.1 Å². The maximum absolute atomic E-state index is 13.7. The van der Waals surface area contributed by atoms with Crippen molar-refractivity contribution in [2.75, 3.05) is 40.5 Å². The monoisotopic (exact) mass is 600 g/mol. The molecule has 0 N–H and O–H groups in total. The zero-order valence-electron chi connectivity index (χ0n) is 25.6. The largest absolute Gasteiger partial charge is 0.468 e. The van der Waals surface area contributed by atoms with E-state index < -0.39 is 26.3 Å². The summed E-state index contributed by atoms with van der Waals surface area (Å²) in [5.41, 5.74) is 4.95. The number of piperidine rings is 1. The molecule has 0 bridgehead atoms. The van der Waals surface area contributed by atoms with Crippen molar-refractivity contribution in [2.24, 2.45) is 0 Å². The van der Waals surface area contributed by atoms with E-state index in [1.807, 2.05) is 32.9 Å². The van der Waals surface area contributed by atoms with Crippen LogP contribution in [-0.4, -0.2) is 80.5 Å². The number of hydrogen-bond donors (Lipinski definition) is 0. The molecule has 2 aliphatic rings. The van der Waals surface area contributed by atoms with Crippen LogP contribution in [0.25, 0.3) is 11.1 Å². The number of carbonyl (C=O) groups excluding carboxylic acids is 2. The van der Waals surface area contributed by atoms with Gasteiger partial charge in [0.25, 0.3) is 0 Å². The molecule has 2 fully saturated rings. The summed E-state index contributed by atoms with van der Waals surface area (Å²) >= 11 is 0. The second-order valence-electron chi connectivity index (χ2n) is 12.4. The second kappa shape index (κ2) is 12.7. The van der Waals surface area contributed by atoms with Crippen molar-refractivity contribution in [3.05, 3.63) is 59.2 Å². The highest BCUT2D eigenvalue weighted by molar-refractivity contribution is 7.91. The van der Waals surface area contributed by atoms with Crippen LogP contribution in [0.3, 0.4) is 0 Å². The van der Waals surface area contributed by atoms with Gasteiger partial charge in [0.1, 0.15) is 5.60 Å². The normalized spacial score (nSPS) is 18.3. The fraction of sp³-hybridized carbons (Fsp3) is 0.562. The Kier molecular flexibility index (Phi) is 9.69. The van der Waals surface area contributed by atoms with E-state index in [4.69, 9.17) is 14.2 Å². The molecule has 0 aliphatic carbocycles. The van der Waals surface area contributed by atoms with Gasteiger partial charge in [0.05, 0.1) is 7.11 Å². The Balaban J connectivity index is 1.44. The molecule has 42 heavy (non-hydrogen) atoms. The summed E-state index contributed by atoms with van der Waals surface area (Å²) < 4.78 is 43.1. The van der Waals surface area contributed by atoms with E-state index in [0.29, 0.717) is 32.5 Å². The number of aryl methyl sites for hydroxylation is 1. The average molecular weight is 601 g/mol. The highest BCUT2D eigenvalue weighted by Gasteiger charge is 2.55. The van der Waals surface area contributed by atoms with E-state index in [0.717, 1.165) is 22.3 Å². The lowest BCUT2D eigenvalue weighted by atomic mass is 9.87. The number of rotatable bonds is 7. The van der Waals surface area contributed by atoms with Crippen LogP contribution >= 0.6 is 0 Å².